The maximum Gasteiger partial charge on any atom is 0.236 e. The van der Waals surface area contributed by atoms with E-state index in [1.165, 1.54) is 11.1 Å². The Hall–Kier alpha value is -2.62. The quantitative estimate of drug-likeness (QED) is 0.798. The van der Waals surface area contributed by atoms with Crippen molar-refractivity contribution < 1.29 is 9.59 Å². The molecule has 0 saturated heterocycles. The van der Waals surface area contributed by atoms with Crippen LogP contribution in [-0.4, -0.2) is 24.9 Å². The zero-order valence-corrected chi connectivity index (χ0v) is 13.6. The lowest BCUT2D eigenvalue weighted by Crippen LogP contribution is -2.39. The van der Waals surface area contributed by atoms with Gasteiger partial charge in [-0.1, -0.05) is 36.4 Å². The zero-order chi connectivity index (χ0) is 16.5. The molecule has 2 aromatic rings. The molecule has 2 heterocycles. The SMILES string of the molecule is O=C(CC(=O)N1CCc2ccccc21)N1CCCc2ccccc21. The molecule has 2 aromatic carbocycles. The van der Waals surface area contributed by atoms with Gasteiger partial charge in [0, 0.05) is 24.5 Å². The fraction of sp³-hybridized carbons (Fsp3) is 0.300. The largest absolute Gasteiger partial charge is 0.312 e. The molecular weight excluding hydrogens is 300 g/mol. The Bertz CT molecular complexity index is 800. The van der Waals surface area contributed by atoms with Gasteiger partial charge in [0.1, 0.15) is 6.42 Å². The highest BCUT2D eigenvalue weighted by Crippen LogP contribution is 2.30. The summed E-state index contributed by atoms with van der Waals surface area (Å²) in [7, 11) is 0. The van der Waals surface area contributed by atoms with Crippen molar-refractivity contribution in [3.05, 3.63) is 59.7 Å². The lowest BCUT2D eigenvalue weighted by atomic mass is 10.0. The van der Waals surface area contributed by atoms with Crippen molar-refractivity contribution in [2.75, 3.05) is 22.9 Å². The summed E-state index contributed by atoms with van der Waals surface area (Å²) in [5.41, 5.74) is 4.29. The number of rotatable bonds is 2. The third-order valence-corrected chi connectivity index (χ3v) is 4.90. The third-order valence-electron chi connectivity index (χ3n) is 4.90. The molecule has 2 amide bonds. The Balaban J connectivity index is 1.51. The van der Waals surface area contributed by atoms with E-state index >= 15 is 0 Å². The molecule has 2 aliphatic rings. The fourth-order valence-corrected chi connectivity index (χ4v) is 3.71. The Morgan fingerprint density at radius 2 is 1.29 bits per heavy atom. The second-order valence-electron chi connectivity index (χ2n) is 6.38. The summed E-state index contributed by atoms with van der Waals surface area (Å²) in [6, 6.07) is 15.9. The number of aryl methyl sites for hydroxylation is 1. The number of benzene rings is 2. The van der Waals surface area contributed by atoms with Gasteiger partial charge in [-0.3, -0.25) is 9.59 Å². The van der Waals surface area contributed by atoms with Crippen LogP contribution in [0.3, 0.4) is 0 Å². The van der Waals surface area contributed by atoms with Crippen LogP contribution in [0.15, 0.2) is 48.5 Å². The molecule has 0 aliphatic carbocycles. The van der Waals surface area contributed by atoms with Gasteiger partial charge < -0.3 is 9.80 Å². The summed E-state index contributed by atoms with van der Waals surface area (Å²) in [4.78, 5) is 28.9. The Labute approximate surface area is 141 Å². The first-order valence-electron chi connectivity index (χ1n) is 8.50. The molecule has 0 fully saturated rings. The standard InChI is InChI=1S/C20H20N2O2/c23-19(21-12-5-8-15-6-1-3-9-17(15)21)14-20(24)22-13-11-16-7-2-4-10-18(16)22/h1-4,6-7,9-10H,5,8,11-14H2. The molecule has 0 radical (unpaired) electrons. The Morgan fingerprint density at radius 1 is 0.750 bits per heavy atom. The molecule has 0 spiro atoms. The van der Waals surface area contributed by atoms with Crippen molar-refractivity contribution in [2.24, 2.45) is 0 Å². The summed E-state index contributed by atoms with van der Waals surface area (Å²) < 4.78 is 0. The number of carbonyl (C=O) groups excluding carboxylic acids is 2. The van der Waals surface area contributed by atoms with Gasteiger partial charge in [0.05, 0.1) is 0 Å². The maximum absolute atomic E-state index is 12.7. The highest BCUT2D eigenvalue weighted by Gasteiger charge is 2.29. The average Bonchev–Trinajstić information content (AvgIpc) is 3.05. The Kier molecular flexibility index (Phi) is 3.81. The minimum absolute atomic E-state index is 0.0668. The molecule has 0 N–H and O–H groups in total. The summed E-state index contributed by atoms with van der Waals surface area (Å²) in [6.45, 7) is 1.36. The number of nitrogens with zero attached hydrogens (tertiary/aromatic N) is 2. The minimum Gasteiger partial charge on any atom is -0.312 e. The molecule has 0 bridgehead atoms. The van der Waals surface area contributed by atoms with Crippen LogP contribution in [0, 0.1) is 0 Å². The number of para-hydroxylation sites is 2. The summed E-state index contributed by atoms with van der Waals surface area (Å²) in [5, 5.41) is 0. The summed E-state index contributed by atoms with van der Waals surface area (Å²) >= 11 is 0. The molecule has 4 heteroatoms. The first kappa shape index (κ1) is 14.9. The van der Waals surface area contributed by atoms with Crippen LogP contribution in [0.4, 0.5) is 11.4 Å². The molecule has 2 aliphatic heterocycles. The van der Waals surface area contributed by atoms with Crippen LogP contribution in [-0.2, 0) is 22.4 Å². The van der Waals surface area contributed by atoms with Gasteiger partial charge in [0.2, 0.25) is 11.8 Å². The van der Waals surface area contributed by atoms with Crippen molar-refractivity contribution in [1.82, 2.24) is 0 Å². The number of hydrogen-bond donors (Lipinski definition) is 0. The van der Waals surface area contributed by atoms with Crippen molar-refractivity contribution in [3.63, 3.8) is 0 Å². The smallest absolute Gasteiger partial charge is 0.236 e. The van der Waals surface area contributed by atoms with Crippen LogP contribution in [0.25, 0.3) is 0 Å². The summed E-state index contributed by atoms with van der Waals surface area (Å²) in [6.07, 6.45) is 2.74. The number of anilines is 2. The molecule has 0 saturated carbocycles. The number of carbonyl (C=O) groups is 2. The highest BCUT2D eigenvalue weighted by atomic mass is 16.2. The lowest BCUT2D eigenvalue weighted by Gasteiger charge is -2.30. The fourth-order valence-electron chi connectivity index (χ4n) is 3.71. The third kappa shape index (κ3) is 2.58. The van der Waals surface area contributed by atoms with Crippen molar-refractivity contribution in [3.8, 4) is 0 Å². The maximum atomic E-state index is 12.7. The van der Waals surface area contributed by atoms with Gasteiger partial charge >= 0.3 is 0 Å². The second kappa shape index (κ2) is 6.11. The van der Waals surface area contributed by atoms with E-state index in [4.69, 9.17) is 0 Å². The predicted octanol–water partition coefficient (Wildman–Crippen LogP) is 2.95. The monoisotopic (exact) mass is 320 g/mol. The van der Waals surface area contributed by atoms with Gasteiger partial charge in [-0.15, -0.1) is 0 Å². The molecule has 122 valence electrons. The molecule has 0 unspecified atom stereocenters. The first-order chi connectivity index (χ1) is 11.7. The van der Waals surface area contributed by atoms with Crippen molar-refractivity contribution >= 4 is 23.2 Å². The van der Waals surface area contributed by atoms with Gasteiger partial charge in [-0.25, -0.2) is 0 Å². The van der Waals surface area contributed by atoms with E-state index in [1.807, 2.05) is 42.5 Å². The average molecular weight is 320 g/mol. The normalized spacial score (nSPS) is 15.8. The zero-order valence-electron chi connectivity index (χ0n) is 13.6. The number of fused-ring (bicyclic) bond motifs is 2. The van der Waals surface area contributed by atoms with E-state index in [-0.39, 0.29) is 18.2 Å². The lowest BCUT2D eigenvalue weighted by molar-refractivity contribution is -0.126. The van der Waals surface area contributed by atoms with E-state index in [2.05, 4.69) is 6.07 Å². The highest BCUT2D eigenvalue weighted by molar-refractivity contribution is 6.10. The van der Waals surface area contributed by atoms with Crippen LogP contribution >= 0.6 is 0 Å². The topological polar surface area (TPSA) is 40.6 Å². The van der Waals surface area contributed by atoms with Crippen molar-refractivity contribution in [1.29, 1.82) is 0 Å². The molecule has 0 atom stereocenters. The van der Waals surface area contributed by atoms with Gasteiger partial charge in [-0.05, 0) is 42.5 Å². The molecule has 24 heavy (non-hydrogen) atoms. The molecule has 4 nitrogen and oxygen atoms in total. The molecule has 0 aromatic heterocycles. The number of amides is 2. The first-order valence-corrected chi connectivity index (χ1v) is 8.50. The summed E-state index contributed by atoms with van der Waals surface area (Å²) in [5.74, 6) is -0.204. The van der Waals surface area contributed by atoms with Crippen LogP contribution in [0.2, 0.25) is 0 Å². The van der Waals surface area contributed by atoms with E-state index in [0.717, 1.165) is 30.6 Å². The van der Waals surface area contributed by atoms with E-state index in [9.17, 15) is 9.59 Å². The van der Waals surface area contributed by atoms with E-state index in [1.54, 1.807) is 9.80 Å². The number of hydrogen-bond acceptors (Lipinski definition) is 2. The molecule has 4 rings (SSSR count). The van der Waals surface area contributed by atoms with Crippen LogP contribution < -0.4 is 9.80 Å². The van der Waals surface area contributed by atoms with Gasteiger partial charge in [0.25, 0.3) is 0 Å². The molecular formula is C20H20N2O2. The van der Waals surface area contributed by atoms with Gasteiger partial charge in [-0.2, -0.15) is 0 Å². The second-order valence-corrected chi connectivity index (χ2v) is 6.38. The minimum atomic E-state index is -0.104. The Morgan fingerprint density at radius 3 is 1.96 bits per heavy atom. The van der Waals surface area contributed by atoms with Crippen molar-refractivity contribution in [2.45, 2.75) is 25.7 Å². The van der Waals surface area contributed by atoms with E-state index in [0.29, 0.717) is 13.1 Å². The van der Waals surface area contributed by atoms with Crippen LogP contribution in [0.1, 0.15) is 24.0 Å². The van der Waals surface area contributed by atoms with Crippen LogP contribution in [0.5, 0.6) is 0 Å². The van der Waals surface area contributed by atoms with Gasteiger partial charge in [0.15, 0.2) is 0 Å². The predicted molar refractivity (Wildman–Crippen MR) is 94.2 cm³/mol. The van der Waals surface area contributed by atoms with E-state index < -0.39 is 0 Å².